The summed E-state index contributed by atoms with van der Waals surface area (Å²) in [5.41, 5.74) is 5.48. The molecule has 0 aromatic carbocycles. The summed E-state index contributed by atoms with van der Waals surface area (Å²) in [5.74, 6) is 0. The Morgan fingerprint density at radius 1 is 1.40 bits per heavy atom. The van der Waals surface area contributed by atoms with Gasteiger partial charge in [-0.15, -0.1) is 0 Å². The van der Waals surface area contributed by atoms with Crippen LogP contribution in [0.25, 0.3) is 0 Å². The highest BCUT2D eigenvalue weighted by Gasteiger charge is 2.41. The smallest absolute Gasteiger partial charge is 0.282 e. The van der Waals surface area contributed by atoms with Crippen LogP contribution in [0.4, 0.5) is 0 Å². The second-order valence-corrected chi connectivity index (χ2v) is 7.00. The van der Waals surface area contributed by atoms with Crippen LogP contribution in [0.3, 0.4) is 0 Å². The van der Waals surface area contributed by atoms with Gasteiger partial charge in [0, 0.05) is 32.2 Å². The van der Waals surface area contributed by atoms with E-state index in [2.05, 4.69) is 0 Å². The fraction of sp³-hybridized carbons (Fsp3) is 1.00. The van der Waals surface area contributed by atoms with Crippen molar-refractivity contribution in [2.75, 3.05) is 20.6 Å². The van der Waals surface area contributed by atoms with Gasteiger partial charge in [0.2, 0.25) is 0 Å². The van der Waals surface area contributed by atoms with Gasteiger partial charge in [-0.25, -0.2) is 0 Å². The fourth-order valence-corrected chi connectivity index (χ4v) is 3.31. The molecule has 1 aliphatic heterocycles. The van der Waals surface area contributed by atoms with E-state index in [4.69, 9.17) is 5.73 Å². The average Bonchev–Trinajstić information content (AvgIpc) is 2.09. The Morgan fingerprint density at radius 2 is 1.93 bits per heavy atom. The first-order valence-corrected chi connectivity index (χ1v) is 6.53. The molecule has 15 heavy (non-hydrogen) atoms. The quantitative estimate of drug-likeness (QED) is 0.732. The van der Waals surface area contributed by atoms with Gasteiger partial charge in [-0.3, -0.25) is 0 Å². The Bertz CT molecular complexity index is 324. The predicted molar refractivity (Wildman–Crippen MR) is 60.6 cm³/mol. The number of piperidine rings is 1. The van der Waals surface area contributed by atoms with Crippen molar-refractivity contribution in [3.05, 3.63) is 0 Å². The van der Waals surface area contributed by atoms with Gasteiger partial charge in [0.05, 0.1) is 0 Å². The molecule has 1 heterocycles. The summed E-state index contributed by atoms with van der Waals surface area (Å²) in [6.45, 7) is 4.30. The summed E-state index contributed by atoms with van der Waals surface area (Å²) in [5, 5.41) is 0. The van der Waals surface area contributed by atoms with Crippen molar-refractivity contribution in [1.29, 1.82) is 0 Å². The summed E-state index contributed by atoms with van der Waals surface area (Å²) in [6, 6.07) is -0.0484. The maximum Gasteiger partial charge on any atom is 0.282 e. The maximum atomic E-state index is 12.0. The van der Waals surface area contributed by atoms with Crippen molar-refractivity contribution in [2.24, 2.45) is 5.73 Å². The molecule has 0 aromatic heterocycles. The number of nitrogens with two attached hydrogens (primary N) is 1. The topological polar surface area (TPSA) is 66.6 Å². The van der Waals surface area contributed by atoms with Gasteiger partial charge in [0.15, 0.2) is 0 Å². The highest BCUT2D eigenvalue weighted by molar-refractivity contribution is 7.86. The van der Waals surface area contributed by atoms with E-state index in [-0.39, 0.29) is 11.6 Å². The molecule has 0 spiro atoms. The molecule has 1 atom stereocenters. The molecule has 1 aliphatic rings. The molecule has 1 fully saturated rings. The summed E-state index contributed by atoms with van der Waals surface area (Å²) in [4.78, 5) is 0. The number of rotatable bonds is 2. The molecule has 0 aromatic rings. The molecule has 1 rings (SSSR count). The molecule has 1 saturated heterocycles. The zero-order valence-corrected chi connectivity index (χ0v) is 10.7. The van der Waals surface area contributed by atoms with Gasteiger partial charge in [-0.1, -0.05) is 0 Å². The minimum absolute atomic E-state index is 0.0484. The van der Waals surface area contributed by atoms with Crippen molar-refractivity contribution >= 4 is 10.2 Å². The van der Waals surface area contributed by atoms with Gasteiger partial charge >= 0.3 is 0 Å². The minimum atomic E-state index is -3.35. The van der Waals surface area contributed by atoms with E-state index < -0.39 is 10.2 Å². The molecule has 90 valence electrons. The van der Waals surface area contributed by atoms with Crippen LogP contribution in [0, 0.1) is 0 Å². The number of hydrogen-bond donors (Lipinski definition) is 1. The second-order valence-electron chi connectivity index (χ2n) is 4.93. The van der Waals surface area contributed by atoms with Crippen molar-refractivity contribution in [1.82, 2.24) is 8.61 Å². The first-order chi connectivity index (χ1) is 6.68. The molecule has 0 aliphatic carbocycles. The number of hydrogen-bond acceptors (Lipinski definition) is 3. The lowest BCUT2D eigenvalue weighted by molar-refractivity contribution is 0.147. The first-order valence-electron chi connectivity index (χ1n) is 5.14. The lowest BCUT2D eigenvalue weighted by Gasteiger charge is -2.44. The van der Waals surface area contributed by atoms with Gasteiger partial charge in [0.1, 0.15) is 0 Å². The van der Waals surface area contributed by atoms with Crippen molar-refractivity contribution in [2.45, 2.75) is 38.3 Å². The molecule has 0 saturated carbocycles. The lowest BCUT2D eigenvalue weighted by Crippen LogP contribution is -2.59. The van der Waals surface area contributed by atoms with E-state index >= 15 is 0 Å². The van der Waals surface area contributed by atoms with Crippen LogP contribution >= 0.6 is 0 Å². The SMILES string of the molecule is CN(C)S(=O)(=O)N1CC(N)CCC1(C)C. The third-order valence-corrected chi connectivity index (χ3v) is 5.07. The van der Waals surface area contributed by atoms with E-state index in [1.807, 2.05) is 13.8 Å². The standard InChI is InChI=1S/C9H21N3O2S/c1-9(2)6-5-8(10)7-12(9)15(13,14)11(3)4/h8H,5-7,10H2,1-4H3. The van der Waals surface area contributed by atoms with Crippen LogP contribution in [-0.4, -0.2) is 49.2 Å². The molecule has 2 N–H and O–H groups in total. The van der Waals surface area contributed by atoms with Gasteiger partial charge in [0.25, 0.3) is 10.2 Å². The van der Waals surface area contributed by atoms with Crippen molar-refractivity contribution in [3.63, 3.8) is 0 Å². The second kappa shape index (κ2) is 4.01. The van der Waals surface area contributed by atoms with E-state index in [1.54, 1.807) is 14.1 Å². The van der Waals surface area contributed by atoms with Gasteiger partial charge in [-0.05, 0) is 26.7 Å². The third-order valence-electron chi connectivity index (χ3n) is 2.94. The van der Waals surface area contributed by atoms with Crippen molar-refractivity contribution in [3.8, 4) is 0 Å². The zero-order valence-electron chi connectivity index (χ0n) is 9.90. The Morgan fingerprint density at radius 3 is 2.40 bits per heavy atom. The Labute approximate surface area is 92.4 Å². The minimum Gasteiger partial charge on any atom is -0.327 e. The molecular weight excluding hydrogens is 214 g/mol. The largest absolute Gasteiger partial charge is 0.327 e. The van der Waals surface area contributed by atoms with E-state index in [0.717, 1.165) is 12.8 Å². The first kappa shape index (κ1) is 12.9. The normalized spacial score (nSPS) is 28.3. The Kier molecular flexibility index (Phi) is 3.45. The van der Waals surface area contributed by atoms with Gasteiger partial charge in [-0.2, -0.15) is 17.0 Å². The maximum absolute atomic E-state index is 12.0. The summed E-state index contributed by atoms with van der Waals surface area (Å²) in [7, 11) is -0.260. The van der Waals surface area contributed by atoms with E-state index in [9.17, 15) is 8.42 Å². The zero-order chi connectivity index (χ0) is 11.9. The predicted octanol–water partition coefficient (Wildman–Crippen LogP) is -0.00550. The van der Waals surface area contributed by atoms with Crippen LogP contribution in [0.15, 0.2) is 0 Å². The molecule has 1 unspecified atom stereocenters. The van der Waals surface area contributed by atoms with E-state index in [0.29, 0.717) is 6.54 Å². The van der Waals surface area contributed by atoms with E-state index in [1.165, 1.54) is 8.61 Å². The average molecular weight is 235 g/mol. The van der Waals surface area contributed by atoms with Crippen LogP contribution in [0.2, 0.25) is 0 Å². The highest BCUT2D eigenvalue weighted by Crippen LogP contribution is 2.30. The van der Waals surface area contributed by atoms with Crippen LogP contribution in [0.1, 0.15) is 26.7 Å². The molecule has 6 heteroatoms. The molecular formula is C9H21N3O2S. The summed E-state index contributed by atoms with van der Waals surface area (Å²) >= 11 is 0. The Hall–Kier alpha value is -0.170. The molecule has 5 nitrogen and oxygen atoms in total. The molecule has 0 bridgehead atoms. The fourth-order valence-electron chi connectivity index (χ4n) is 1.82. The highest BCUT2D eigenvalue weighted by atomic mass is 32.2. The third kappa shape index (κ3) is 2.50. The summed E-state index contributed by atoms with van der Waals surface area (Å²) < 4.78 is 26.8. The monoisotopic (exact) mass is 235 g/mol. The number of nitrogens with zero attached hydrogens (tertiary/aromatic N) is 2. The van der Waals surface area contributed by atoms with Crippen LogP contribution in [0.5, 0.6) is 0 Å². The summed E-state index contributed by atoms with van der Waals surface area (Å²) in [6.07, 6.45) is 1.69. The van der Waals surface area contributed by atoms with Gasteiger partial charge < -0.3 is 5.73 Å². The van der Waals surface area contributed by atoms with Crippen LogP contribution in [-0.2, 0) is 10.2 Å². The van der Waals surface area contributed by atoms with Crippen molar-refractivity contribution < 1.29 is 8.42 Å². The lowest BCUT2D eigenvalue weighted by atomic mass is 9.91. The molecule has 0 radical (unpaired) electrons. The Balaban J connectivity index is 3.00. The van der Waals surface area contributed by atoms with Crippen LogP contribution < -0.4 is 5.73 Å². The molecule has 0 amide bonds.